The van der Waals surface area contributed by atoms with Gasteiger partial charge >= 0.3 is 0 Å². The largest absolute Gasteiger partial charge is 0.289 e. The van der Waals surface area contributed by atoms with Crippen molar-refractivity contribution in [2.75, 3.05) is 11.5 Å². The van der Waals surface area contributed by atoms with E-state index in [1.54, 1.807) is 0 Å². The quantitative estimate of drug-likeness (QED) is 0.396. The van der Waals surface area contributed by atoms with Gasteiger partial charge < -0.3 is 0 Å². The van der Waals surface area contributed by atoms with E-state index in [1.807, 2.05) is 0 Å². The van der Waals surface area contributed by atoms with E-state index in [4.69, 9.17) is 5.21 Å². The smallest absolute Gasteiger partial charge is 0.247 e. The Hall–Kier alpha value is -0.620. The molecule has 0 spiro atoms. The zero-order chi connectivity index (χ0) is 8.48. The number of hydrogen-bond acceptors (Lipinski definition) is 4. The van der Waals surface area contributed by atoms with Crippen molar-refractivity contribution in [3.8, 4) is 0 Å². The molecule has 0 bridgehead atoms. The molecule has 1 aliphatic heterocycles. The maximum absolute atomic E-state index is 10.8. The van der Waals surface area contributed by atoms with Crippen molar-refractivity contribution in [1.29, 1.82) is 0 Å². The van der Waals surface area contributed by atoms with Crippen molar-refractivity contribution < 1.29 is 18.4 Å². The topological polar surface area (TPSA) is 83.5 Å². The Bertz CT molecular complexity index is 258. The summed E-state index contributed by atoms with van der Waals surface area (Å²) in [4.78, 5) is 10.7. The van der Waals surface area contributed by atoms with Crippen LogP contribution in [0.15, 0.2) is 0 Å². The van der Waals surface area contributed by atoms with E-state index in [-0.39, 0.29) is 11.5 Å². The lowest BCUT2D eigenvalue weighted by molar-refractivity contribution is -0.132. The van der Waals surface area contributed by atoms with E-state index < -0.39 is 21.7 Å². The van der Waals surface area contributed by atoms with Gasteiger partial charge in [-0.1, -0.05) is 0 Å². The van der Waals surface area contributed by atoms with Gasteiger partial charge in [-0.25, -0.2) is 13.9 Å². The molecule has 0 radical (unpaired) electrons. The van der Waals surface area contributed by atoms with Crippen LogP contribution in [-0.2, 0) is 14.6 Å². The molecular formula is C5H9NO4S. The fourth-order valence-corrected chi connectivity index (χ4v) is 2.83. The van der Waals surface area contributed by atoms with Gasteiger partial charge in [-0.3, -0.25) is 10.0 Å². The molecular weight excluding hydrogens is 170 g/mol. The van der Waals surface area contributed by atoms with Crippen LogP contribution in [0, 0.1) is 5.92 Å². The third-order valence-electron chi connectivity index (χ3n) is 1.71. The number of rotatable bonds is 1. The van der Waals surface area contributed by atoms with Gasteiger partial charge in [0.25, 0.3) is 0 Å². The Morgan fingerprint density at radius 1 is 1.55 bits per heavy atom. The fourth-order valence-electron chi connectivity index (χ4n) is 1.09. The highest BCUT2D eigenvalue weighted by Gasteiger charge is 2.32. The highest BCUT2D eigenvalue weighted by molar-refractivity contribution is 7.91. The average molecular weight is 179 g/mol. The van der Waals surface area contributed by atoms with Gasteiger partial charge in [0, 0.05) is 0 Å². The van der Waals surface area contributed by atoms with Crippen LogP contribution in [0.4, 0.5) is 0 Å². The highest BCUT2D eigenvalue weighted by Crippen LogP contribution is 2.17. The molecule has 1 atom stereocenters. The van der Waals surface area contributed by atoms with Gasteiger partial charge in [-0.15, -0.1) is 0 Å². The van der Waals surface area contributed by atoms with Crippen LogP contribution in [0.25, 0.3) is 0 Å². The molecule has 1 amide bonds. The predicted octanol–water partition coefficient (Wildman–Crippen LogP) is -1.07. The van der Waals surface area contributed by atoms with E-state index in [0.717, 1.165) is 0 Å². The molecule has 1 rings (SSSR count). The van der Waals surface area contributed by atoms with Gasteiger partial charge in [0.1, 0.15) is 0 Å². The fraction of sp³-hybridized carbons (Fsp3) is 0.800. The van der Waals surface area contributed by atoms with Crippen LogP contribution < -0.4 is 5.48 Å². The first-order chi connectivity index (χ1) is 5.05. The lowest BCUT2D eigenvalue weighted by Crippen LogP contribution is -2.28. The summed E-state index contributed by atoms with van der Waals surface area (Å²) in [5.41, 5.74) is 1.44. The maximum Gasteiger partial charge on any atom is 0.247 e. The number of carbonyl (C=O) groups excluding carboxylic acids is 1. The molecule has 1 saturated heterocycles. The number of carbonyl (C=O) groups is 1. The summed E-state index contributed by atoms with van der Waals surface area (Å²) in [5.74, 6) is -1.26. The summed E-state index contributed by atoms with van der Waals surface area (Å²) >= 11 is 0. The number of hydrogen-bond donors (Lipinski definition) is 2. The van der Waals surface area contributed by atoms with E-state index in [2.05, 4.69) is 0 Å². The SMILES string of the molecule is O=C(NO)C1CCS(=O)(=O)C1. The van der Waals surface area contributed by atoms with Gasteiger partial charge in [0.15, 0.2) is 9.84 Å². The normalized spacial score (nSPS) is 28.3. The van der Waals surface area contributed by atoms with Crippen molar-refractivity contribution in [3.05, 3.63) is 0 Å². The molecule has 0 aliphatic carbocycles. The van der Waals surface area contributed by atoms with Crippen molar-refractivity contribution in [2.45, 2.75) is 6.42 Å². The molecule has 0 saturated carbocycles. The molecule has 64 valence electrons. The molecule has 1 fully saturated rings. The average Bonchev–Trinajstić information content (AvgIpc) is 2.29. The zero-order valence-electron chi connectivity index (χ0n) is 5.78. The summed E-state index contributed by atoms with van der Waals surface area (Å²) in [6, 6.07) is 0. The second-order valence-electron chi connectivity index (χ2n) is 2.58. The number of nitrogens with one attached hydrogen (secondary N) is 1. The standard InChI is InChI=1S/C5H9NO4S/c7-5(6-8)4-1-2-11(9,10)3-4/h4,8H,1-3H2,(H,6,7). The minimum atomic E-state index is -3.02. The summed E-state index contributed by atoms with van der Waals surface area (Å²) in [6.07, 6.45) is 0.314. The Balaban J connectivity index is 2.62. The molecule has 11 heavy (non-hydrogen) atoms. The molecule has 1 unspecified atom stereocenters. The lowest BCUT2D eigenvalue weighted by atomic mass is 10.1. The third-order valence-corrected chi connectivity index (χ3v) is 3.48. The molecule has 0 aromatic rings. The van der Waals surface area contributed by atoms with Crippen LogP contribution in [0.1, 0.15) is 6.42 Å². The van der Waals surface area contributed by atoms with Crippen molar-refractivity contribution >= 4 is 15.7 Å². The Morgan fingerprint density at radius 3 is 2.55 bits per heavy atom. The van der Waals surface area contributed by atoms with Crippen molar-refractivity contribution in [3.63, 3.8) is 0 Å². The lowest BCUT2D eigenvalue weighted by Gasteiger charge is -2.02. The second-order valence-corrected chi connectivity index (χ2v) is 4.80. The minimum Gasteiger partial charge on any atom is -0.289 e. The predicted molar refractivity (Wildman–Crippen MR) is 36.7 cm³/mol. The molecule has 0 aromatic heterocycles. The van der Waals surface area contributed by atoms with Crippen molar-refractivity contribution in [1.82, 2.24) is 5.48 Å². The first-order valence-electron chi connectivity index (χ1n) is 3.19. The van der Waals surface area contributed by atoms with Crippen LogP contribution in [0.2, 0.25) is 0 Å². The van der Waals surface area contributed by atoms with Crippen molar-refractivity contribution in [2.24, 2.45) is 5.92 Å². The van der Waals surface area contributed by atoms with Crippen LogP contribution in [0.5, 0.6) is 0 Å². The molecule has 1 aliphatic rings. The molecule has 6 heteroatoms. The Labute approximate surface area is 64.3 Å². The number of hydroxylamine groups is 1. The summed E-state index contributed by atoms with van der Waals surface area (Å²) < 4.78 is 21.6. The van der Waals surface area contributed by atoms with Crippen LogP contribution >= 0.6 is 0 Å². The zero-order valence-corrected chi connectivity index (χ0v) is 6.60. The highest BCUT2D eigenvalue weighted by atomic mass is 32.2. The van der Waals surface area contributed by atoms with Gasteiger partial charge in [-0.2, -0.15) is 0 Å². The molecule has 2 N–H and O–H groups in total. The van der Waals surface area contributed by atoms with E-state index in [0.29, 0.717) is 6.42 Å². The summed E-state index contributed by atoms with van der Waals surface area (Å²) in [5, 5.41) is 8.17. The van der Waals surface area contributed by atoms with E-state index >= 15 is 0 Å². The Kier molecular flexibility index (Phi) is 2.15. The first-order valence-corrected chi connectivity index (χ1v) is 5.01. The van der Waals surface area contributed by atoms with Gasteiger partial charge in [-0.05, 0) is 6.42 Å². The third kappa shape index (κ3) is 1.90. The van der Waals surface area contributed by atoms with Gasteiger partial charge in [0.2, 0.25) is 5.91 Å². The maximum atomic E-state index is 10.8. The molecule has 0 aromatic carbocycles. The summed E-state index contributed by atoms with van der Waals surface area (Å²) in [6.45, 7) is 0. The van der Waals surface area contributed by atoms with Gasteiger partial charge in [0.05, 0.1) is 17.4 Å². The monoisotopic (exact) mass is 179 g/mol. The first kappa shape index (κ1) is 8.48. The van der Waals surface area contributed by atoms with Crippen LogP contribution in [0.3, 0.4) is 0 Å². The van der Waals surface area contributed by atoms with Crippen LogP contribution in [-0.4, -0.2) is 31.0 Å². The summed E-state index contributed by atoms with van der Waals surface area (Å²) in [7, 11) is -3.02. The second kappa shape index (κ2) is 2.78. The minimum absolute atomic E-state index is 0.0467. The molecule has 1 heterocycles. The number of amides is 1. The van der Waals surface area contributed by atoms with E-state index in [9.17, 15) is 13.2 Å². The molecule has 5 nitrogen and oxygen atoms in total. The number of sulfone groups is 1. The Morgan fingerprint density at radius 2 is 2.18 bits per heavy atom. The van der Waals surface area contributed by atoms with E-state index in [1.165, 1.54) is 5.48 Å².